The van der Waals surface area contributed by atoms with E-state index in [2.05, 4.69) is 10.3 Å². The van der Waals surface area contributed by atoms with Crippen LogP contribution in [0.2, 0.25) is 0 Å². The second kappa shape index (κ2) is 5.69. The number of anilines is 1. The molecule has 24 heavy (non-hydrogen) atoms. The number of aromatic carboxylic acids is 1. The topological polar surface area (TPSA) is 92.9 Å². The molecular weight excluding hydrogens is 331 g/mol. The summed E-state index contributed by atoms with van der Waals surface area (Å²) in [7, 11) is 0. The van der Waals surface area contributed by atoms with E-state index in [0.717, 1.165) is 16.5 Å². The minimum atomic E-state index is -4.63. The minimum Gasteiger partial charge on any atom is -0.476 e. The molecule has 0 radical (unpaired) electrons. The van der Waals surface area contributed by atoms with Crippen LogP contribution in [-0.2, 0) is 10.9 Å². The lowest BCUT2D eigenvalue weighted by Gasteiger charge is -2.19. The molecule has 2 rings (SSSR count). The molecule has 0 bridgehead atoms. The Kier molecular flexibility index (Phi) is 4.17. The Balaban J connectivity index is 2.54. The van der Waals surface area contributed by atoms with Crippen molar-refractivity contribution in [1.29, 1.82) is 0 Å². The first-order chi connectivity index (χ1) is 10.9. The second-order valence-electron chi connectivity index (χ2n) is 5.88. The number of imidazole rings is 1. The molecule has 10 heteroatoms. The standard InChI is InChI=1S/C14H14F3N3O4/c1-13(2,3)24-12(23)19-10-9(11(21)22)18-8-5-4-7(6-20(8)10)14(15,16)17/h4-6H,1-3H3,(H,19,23)(H,21,22). The number of nitrogens with one attached hydrogen (secondary N) is 1. The van der Waals surface area contributed by atoms with Crippen molar-refractivity contribution < 1.29 is 32.6 Å². The molecule has 2 aromatic rings. The van der Waals surface area contributed by atoms with E-state index in [1.807, 2.05) is 0 Å². The van der Waals surface area contributed by atoms with Crippen molar-refractivity contribution in [3.8, 4) is 0 Å². The molecule has 0 aliphatic rings. The highest BCUT2D eigenvalue weighted by Gasteiger charge is 2.32. The van der Waals surface area contributed by atoms with Gasteiger partial charge >= 0.3 is 18.2 Å². The number of amides is 1. The van der Waals surface area contributed by atoms with Crippen LogP contribution in [-0.4, -0.2) is 32.2 Å². The van der Waals surface area contributed by atoms with E-state index in [9.17, 15) is 22.8 Å². The number of carboxylic acids is 1. The van der Waals surface area contributed by atoms with Gasteiger partial charge in [0, 0.05) is 6.20 Å². The molecule has 2 heterocycles. The van der Waals surface area contributed by atoms with Crippen molar-refractivity contribution in [3.05, 3.63) is 29.6 Å². The smallest absolute Gasteiger partial charge is 0.417 e. The van der Waals surface area contributed by atoms with Gasteiger partial charge < -0.3 is 9.84 Å². The Bertz CT molecular complexity index is 806. The van der Waals surface area contributed by atoms with Gasteiger partial charge in [-0.25, -0.2) is 14.6 Å². The third-order valence-corrected chi connectivity index (χ3v) is 2.77. The SMILES string of the molecule is CC(C)(C)OC(=O)Nc1c(C(=O)O)nc2ccc(C(F)(F)F)cn12. The number of pyridine rings is 1. The first kappa shape index (κ1) is 17.6. The summed E-state index contributed by atoms with van der Waals surface area (Å²) in [4.78, 5) is 26.8. The van der Waals surface area contributed by atoms with Crippen molar-refractivity contribution in [2.24, 2.45) is 0 Å². The first-order valence-corrected chi connectivity index (χ1v) is 6.71. The third kappa shape index (κ3) is 3.76. The van der Waals surface area contributed by atoms with Gasteiger partial charge in [-0.15, -0.1) is 0 Å². The van der Waals surface area contributed by atoms with Crippen molar-refractivity contribution in [2.45, 2.75) is 32.5 Å². The van der Waals surface area contributed by atoms with Crippen molar-refractivity contribution in [1.82, 2.24) is 9.38 Å². The van der Waals surface area contributed by atoms with E-state index in [1.165, 1.54) is 0 Å². The first-order valence-electron chi connectivity index (χ1n) is 6.71. The van der Waals surface area contributed by atoms with E-state index in [1.54, 1.807) is 20.8 Å². The fourth-order valence-electron chi connectivity index (χ4n) is 1.88. The Morgan fingerprint density at radius 2 is 1.88 bits per heavy atom. The number of carbonyl (C=O) groups excluding carboxylic acids is 1. The number of fused-ring (bicyclic) bond motifs is 1. The van der Waals surface area contributed by atoms with Gasteiger partial charge in [-0.05, 0) is 32.9 Å². The number of alkyl halides is 3. The van der Waals surface area contributed by atoms with Crippen LogP contribution in [0.3, 0.4) is 0 Å². The van der Waals surface area contributed by atoms with Crippen LogP contribution in [0, 0.1) is 0 Å². The number of rotatable bonds is 2. The maximum Gasteiger partial charge on any atom is 0.417 e. The molecule has 0 saturated carbocycles. The molecule has 0 fully saturated rings. The molecule has 0 unspecified atom stereocenters. The van der Waals surface area contributed by atoms with Gasteiger partial charge in [-0.3, -0.25) is 9.72 Å². The maximum absolute atomic E-state index is 12.8. The highest BCUT2D eigenvalue weighted by atomic mass is 19.4. The zero-order valence-electron chi connectivity index (χ0n) is 12.9. The lowest BCUT2D eigenvalue weighted by atomic mass is 10.2. The summed E-state index contributed by atoms with van der Waals surface area (Å²) in [5.74, 6) is -1.92. The normalized spacial score (nSPS) is 12.2. The second-order valence-corrected chi connectivity index (χ2v) is 5.88. The Labute approximate surface area is 134 Å². The zero-order valence-corrected chi connectivity index (χ0v) is 12.9. The highest BCUT2D eigenvalue weighted by Crippen LogP contribution is 2.30. The van der Waals surface area contributed by atoms with Crippen molar-refractivity contribution in [2.75, 3.05) is 5.32 Å². The summed E-state index contributed by atoms with van der Waals surface area (Å²) in [6.07, 6.45) is -4.99. The zero-order chi connectivity index (χ0) is 18.3. The van der Waals surface area contributed by atoms with Crippen molar-refractivity contribution in [3.63, 3.8) is 0 Å². The Morgan fingerprint density at radius 3 is 2.38 bits per heavy atom. The predicted molar refractivity (Wildman–Crippen MR) is 77.0 cm³/mol. The molecule has 0 aliphatic heterocycles. The quantitative estimate of drug-likeness (QED) is 0.870. The van der Waals surface area contributed by atoms with E-state index in [-0.39, 0.29) is 5.65 Å². The average molecular weight is 345 g/mol. The molecule has 2 aromatic heterocycles. The summed E-state index contributed by atoms with van der Waals surface area (Å²) in [5.41, 5.74) is -2.55. The summed E-state index contributed by atoms with van der Waals surface area (Å²) < 4.78 is 44.3. The van der Waals surface area contributed by atoms with Gasteiger partial charge in [-0.2, -0.15) is 13.2 Å². The molecule has 0 saturated heterocycles. The van der Waals surface area contributed by atoms with Crippen LogP contribution in [0.4, 0.5) is 23.8 Å². The van der Waals surface area contributed by atoms with E-state index in [4.69, 9.17) is 9.84 Å². The number of halogens is 3. The summed E-state index contributed by atoms with van der Waals surface area (Å²) in [5, 5.41) is 11.3. The van der Waals surface area contributed by atoms with Gasteiger partial charge in [0.1, 0.15) is 11.2 Å². The molecule has 0 spiro atoms. The monoisotopic (exact) mass is 345 g/mol. The Hall–Kier alpha value is -2.78. The number of hydrogen-bond acceptors (Lipinski definition) is 4. The van der Waals surface area contributed by atoms with Crippen LogP contribution >= 0.6 is 0 Å². The van der Waals surface area contributed by atoms with Gasteiger partial charge in [0.2, 0.25) is 0 Å². The van der Waals surface area contributed by atoms with Crippen LogP contribution in [0.15, 0.2) is 18.3 Å². The third-order valence-electron chi connectivity index (χ3n) is 2.77. The average Bonchev–Trinajstić information content (AvgIpc) is 2.74. The Morgan fingerprint density at radius 1 is 1.25 bits per heavy atom. The lowest BCUT2D eigenvalue weighted by molar-refractivity contribution is -0.137. The summed E-state index contributed by atoms with van der Waals surface area (Å²) in [6, 6.07) is 1.78. The van der Waals surface area contributed by atoms with Crippen LogP contribution < -0.4 is 5.32 Å². The van der Waals surface area contributed by atoms with E-state index >= 15 is 0 Å². The molecular formula is C14H14F3N3O4. The summed E-state index contributed by atoms with van der Waals surface area (Å²) in [6.45, 7) is 4.75. The van der Waals surface area contributed by atoms with Gasteiger partial charge in [0.25, 0.3) is 0 Å². The van der Waals surface area contributed by atoms with Crippen LogP contribution in [0.25, 0.3) is 5.65 Å². The lowest BCUT2D eigenvalue weighted by Crippen LogP contribution is -2.28. The number of carbonyl (C=O) groups is 2. The summed E-state index contributed by atoms with van der Waals surface area (Å²) >= 11 is 0. The van der Waals surface area contributed by atoms with Crippen molar-refractivity contribution >= 4 is 23.5 Å². The fraction of sp³-hybridized carbons (Fsp3) is 0.357. The van der Waals surface area contributed by atoms with E-state index in [0.29, 0.717) is 6.20 Å². The molecule has 130 valence electrons. The highest BCUT2D eigenvalue weighted by molar-refractivity contribution is 5.97. The van der Waals surface area contributed by atoms with Crippen LogP contribution in [0.5, 0.6) is 0 Å². The molecule has 0 aromatic carbocycles. The number of aromatic nitrogens is 2. The number of ether oxygens (including phenoxy) is 1. The number of nitrogens with zero attached hydrogens (tertiary/aromatic N) is 2. The van der Waals surface area contributed by atoms with Crippen LogP contribution in [0.1, 0.15) is 36.8 Å². The number of carboxylic acid groups (broad SMARTS) is 1. The van der Waals surface area contributed by atoms with Gasteiger partial charge in [0.15, 0.2) is 11.5 Å². The molecule has 7 nitrogen and oxygen atoms in total. The van der Waals surface area contributed by atoms with Gasteiger partial charge in [0.05, 0.1) is 5.56 Å². The largest absolute Gasteiger partial charge is 0.476 e. The molecule has 2 N–H and O–H groups in total. The maximum atomic E-state index is 12.8. The minimum absolute atomic E-state index is 0.0635. The molecule has 1 amide bonds. The molecule has 0 atom stereocenters. The molecule has 0 aliphatic carbocycles. The predicted octanol–water partition coefficient (Wildman–Crippen LogP) is 3.40. The number of hydrogen-bond donors (Lipinski definition) is 2. The van der Waals surface area contributed by atoms with Gasteiger partial charge in [-0.1, -0.05) is 0 Å². The van der Waals surface area contributed by atoms with E-state index < -0.39 is 40.9 Å². The fourth-order valence-corrected chi connectivity index (χ4v) is 1.88.